The molecule has 0 aliphatic carbocycles. The summed E-state index contributed by atoms with van der Waals surface area (Å²) < 4.78 is 15.0. The maximum atomic E-state index is 13.4. The summed E-state index contributed by atoms with van der Waals surface area (Å²) in [7, 11) is 1.78. The number of rotatable bonds is 3. The first-order valence-electron chi connectivity index (χ1n) is 5.47. The Morgan fingerprint density at radius 1 is 1.53 bits per heavy atom. The quantitative estimate of drug-likeness (QED) is 0.878. The van der Waals surface area contributed by atoms with Crippen LogP contribution in [0.5, 0.6) is 0 Å². The Bertz CT molecular complexity index is 637. The number of hydrogen-bond acceptors (Lipinski definition) is 2. The number of nitrogens with one attached hydrogen (secondary N) is 1. The first-order valence-corrected chi connectivity index (χ1v) is 5.85. The summed E-state index contributed by atoms with van der Waals surface area (Å²) in [4.78, 5) is 11.6. The molecule has 0 aliphatic rings. The summed E-state index contributed by atoms with van der Waals surface area (Å²) in [6.45, 7) is 0. The molecule has 1 heterocycles. The van der Waals surface area contributed by atoms with Gasteiger partial charge in [-0.2, -0.15) is 5.10 Å². The van der Waals surface area contributed by atoms with Gasteiger partial charge >= 0.3 is 0 Å². The van der Waals surface area contributed by atoms with Gasteiger partial charge in [0.05, 0.1) is 11.9 Å². The van der Waals surface area contributed by atoms with Gasteiger partial charge < -0.3 is 5.32 Å². The van der Waals surface area contributed by atoms with Gasteiger partial charge in [-0.1, -0.05) is 11.6 Å². The monoisotopic (exact) mass is 279 g/mol. The molecular weight excluding hydrogens is 269 g/mol. The van der Waals surface area contributed by atoms with Gasteiger partial charge in [-0.25, -0.2) is 4.39 Å². The molecule has 0 radical (unpaired) electrons. The molecule has 1 aromatic heterocycles. The van der Waals surface area contributed by atoms with Crippen LogP contribution in [0.1, 0.15) is 5.56 Å². The predicted molar refractivity (Wildman–Crippen MR) is 72.3 cm³/mol. The zero-order chi connectivity index (χ0) is 13.8. The maximum absolute atomic E-state index is 13.4. The molecular formula is C13H11ClFN3O. The molecule has 0 unspecified atom stereocenters. The molecule has 0 saturated carbocycles. The number of nitrogens with zero attached hydrogens (tertiary/aromatic N) is 2. The first-order chi connectivity index (χ1) is 9.04. The van der Waals surface area contributed by atoms with Crippen molar-refractivity contribution in [3.63, 3.8) is 0 Å². The van der Waals surface area contributed by atoms with E-state index in [1.165, 1.54) is 24.3 Å². The highest BCUT2D eigenvalue weighted by Crippen LogP contribution is 2.19. The third kappa shape index (κ3) is 3.66. The zero-order valence-electron chi connectivity index (χ0n) is 10.1. The smallest absolute Gasteiger partial charge is 0.248 e. The van der Waals surface area contributed by atoms with E-state index in [1.807, 2.05) is 0 Å². The molecule has 0 bridgehead atoms. The van der Waals surface area contributed by atoms with Crippen LogP contribution in [0.3, 0.4) is 0 Å². The molecule has 0 saturated heterocycles. The van der Waals surface area contributed by atoms with Crippen LogP contribution in [0.15, 0.2) is 36.7 Å². The normalized spacial score (nSPS) is 10.9. The molecule has 4 nitrogen and oxygen atoms in total. The van der Waals surface area contributed by atoms with Crippen molar-refractivity contribution in [3.05, 3.63) is 53.1 Å². The van der Waals surface area contributed by atoms with Crippen LogP contribution in [0, 0.1) is 5.82 Å². The summed E-state index contributed by atoms with van der Waals surface area (Å²) in [6.07, 6.45) is 6.26. The number of aromatic nitrogens is 2. The molecule has 1 N–H and O–H groups in total. The molecule has 1 amide bonds. The molecule has 2 rings (SSSR count). The average Bonchev–Trinajstić information content (AvgIpc) is 2.77. The number of aryl methyl sites for hydroxylation is 1. The average molecular weight is 280 g/mol. The highest BCUT2D eigenvalue weighted by atomic mass is 35.5. The Morgan fingerprint density at radius 3 is 3.00 bits per heavy atom. The second-order valence-electron chi connectivity index (χ2n) is 3.89. The van der Waals surface area contributed by atoms with Gasteiger partial charge in [-0.3, -0.25) is 9.48 Å². The van der Waals surface area contributed by atoms with Crippen molar-refractivity contribution in [1.29, 1.82) is 0 Å². The van der Waals surface area contributed by atoms with Gasteiger partial charge in [0.1, 0.15) is 5.82 Å². The Balaban J connectivity index is 2.05. The Kier molecular flexibility index (Phi) is 3.97. The second kappa shape index (κ2) is 5.67. The lowest BCUT2D eigenvalue weighted by Crippen LogP contribution is -2.09. The number of hydrogen-bond donors (Lipinski definition) is 1. The van der Waals surface area contributed by atoms with Crippen LogP contribution in [0.25, 0.3) is 6.08 Å². The lowest BCUT2D eigenvalue weighted by atomic mass is 10.3. The van der Waals surface area contributed by atoms with Crippen LogP contribution >= 0.6 is 11.6 Å². The van der Waals surface area contributed by atoms with Crippen LogP contribution in [0.4, 0.5) is 10.1 Å². The van der Waals surface area contributed by atoms with E-state index >= 15 is 0 Å². The van der Waals surface area contributed by atoms with E-state index in [4.69, 9.17) is 11.6 Å². The second-order valence-corrected chi connectivity index (χ2v) is 4.33. The highest BCUT2D eigenvalue weighted by molar-refractivity contribution is 6.30. The number of benzene rings is 1. The van der Waals surface area contributed by atoms with Crippen molar-refractivity contribution in [2.45, 2.75) is 0 Å². The maximum Gasteiger partial charge on any atom is 0.248 e. The van der Waals surface area contributed by atoms with Gasteiger partial charge in [0, 0.05) is 29.9 Å². The summed E-state index contributed by atoms with van der Waals surface area (Å²) in [5, 5.41) is 6.73. The van der Waals surface area contributed by atoms with Gasteiger partial charge in [0.2, 0.25) is 5.91 Å². The fourth-order valence-corrected chi connectivity index (χ4v) is 1.64. The number of anilines is 1. The lowest BCUT2D eigenvalue weighted by Gasteiger charge is -2.03. The van der Waals surface area contributed by atoms with Crippen molar-refractivity contribution < 1.29 is 9.18 Å². The molecule has 0 spiro atoms. The summed E-state index contributed by atoms with van der Waals surface area (Å²) in [6, 6.07) is 3.97. The van der Waals surface area contributed by atoms with E-state index in [2.05, 4.69) is 10.4 Å². The first kappa shape index (κ1) is 13.3. The van der Waals surface area contributed by atoms with Gasteiger partial charge in [0.15, 0.2) is 0 Å². The van der Waals surface area contributed by atoms with Crippen LogP contribution in [0.2, 0.25) is 5.02 Å². The number of carbonyl (C=O) groups is 1. The van der Waals surface area contributed by atoms with Gasteiger partial charge in [0.25, 0.3) is 0 Å². The van der Waals surface area contributed by atoms with Crippen molar-refractivity contribution in [3.8, 4) is 0 Å². The van der Waals surface area contributed by atoms with E-state index < -0.39 is 11.7 Å². The lowest BCUT2D eigenvalue weighted by molar-refractivity contribution is -0.111. The minimum atomic E-state index is -0.535. The topological polar surface area (TPSA) is 46.9 Å². The minimum absolute atomic E-state index is 0.0494. The number of carbonyl (C=O) groups excluding carboxylic acids is 1. The van der Waals surface area contributed by atoms with Gasteiger partial charge in [-0.05, 0) is 24.3 Å². The van der Waals surface area contributed by atoms with E-state index in [0.717, 1.165) is 5.56 Å². The Morgan fingerprint density at radius 2 is 2.32 bits per heavy atom. The van der Waals surface area contributed by atoms with Gasteiger partial charge in [-0.15, -0.1) is 0 Å². The number of halogens is 2. The summed E-state index contributed by atoms with van der Waals surface area (Å²) in [5.41, 5.74) is 0.831. The summed E-state index contributed by atoms with van der Waals surface area (Å²) >= 11 is 5.73. The van der Waals surface area contributed by atoms with Crippen molar-refractivity contribution in [2.24, 2.45) is 7.05 Å². The van der Waals surface area contributed by atoms with Crippen molar-refractivity contribution in [1.82, 2.24) is 9.78 Å². The summed E-state index contributed by atoms with van der Waals surface area (Å²) in [5.74, 6) is -0.974. The standard InChI is InChI=1S/C13H11ClFN3O/c1-18-8-9(7-16-18)2-5-13(19)17-12-6-10(14)3-4-11(12)15/h2-8H,1H3,(H,17,19)/b5-2+. The molecule has 98 valence electrons. The van der Waals surface area contributed by atoms with Crippen LogP contribution in [-0.2, 0) is 11.8 Å². The Hall–Kier alpha value is -2.14. The highest BCUT2D eigenvalue weighted by Gasteiger charge is 2.05. The number of amides is 1. The predicted octanol–water partition coefficient (Wildman–Crippen LogP) is 2.86. The molecule has 1 aromatic carbocycles. The Labute approximate surface area is 114 Å². The fraction of sp³-hybridized carbons (Fsp3) is 0.0769. The van der Waals surface area contributed by atoms with Crippen LogP contribution in [-0.4, -0.2) is 15.7 Å². The van der Waals surface area contributed by atoms with E-state index in [1.54, 1.807) is 30.2 Å². The molecule has 6 heteroatoms. The van der Waals surface area contributed by atoms with Crippen molar-refractivity contribution in [2.75, 3.05) is 5.32 Å². The molecule has 0 aliphatic heterocycles. The fourth-order valence-electron chi connectivity index (χ4n) is 1.47. The van der Waals surface area contributed by atoms with E-state index in [9.17, 15) is 9.18 Å². The molecule has 19 heavy (non-hydrogen) atoms. The molecule has 2 aromatic rings. The zero-order valence-corrected chi connectivity index (χ0v) is 10.9. The molecule has 0 atom stereocenters. The largest absolute Gasteiger partial charge is 0.320 e. The third-order valence-corrected chi connectivity index (χ3v) is 2.57. The van der Waals surface area contributed by atoms with E-state index in [0.29, 0.717) is 5.02 Å². The van der Waals surface area contributed by atoms with Crippen LogP contribution < -0.4 is 5.32 Å². The minimum Gasteiger partial charge on any atom is -0.320 e. The third-order valence-electron chi connectivity index (χ3n) is 2.34. The molecule has 0 fully saturated rings. The van der Waals surface area contributed by atoms with E-state index in [-0.39, 0.29) is 5.69 Å². The van der Waals surface area contributed by atoms with Crippen molar-refractivity contribution >= 4 is 29.3 Å². The SMILES string of the molecule is Cn1cc(/C=C/C(=O)Nc2cc(Cl)ccc2F)cn1.